The van der Waals surface area contributed by atoms with E-state index >= 15 is 0 Å². The summed E-state index contributed by atoms with van der Waals surface area (Å²) in [6.07, 6.45) is 5.43. The summed E-state index contributed by atoms with van der Waals surface area (Å²) < 4.78 is 0. The van der Waals surface area contributed by atoms with Crippen LogP contribution in [0.1, 0.15) is 31.2 Å². The molecule has 0 saturated carbocycles. The first kappa shape index (κ1) is 12.5. The molecule has 1 aromatic rings. The van der Waals surface area contributed by atoms with E-state index in [2.05, 4.69) is 22.3 Å². The van der Waals surface area contributed by atoms with Crippen LogP contribution in [0.3, 0.4) is 0 Å². The lowest BCUT2D eigenvalue weighted by Gasteiger charge is -2.32. The van der Waals surface area contributed by atoms with E-state index < -0.39 is 0 Å². The molecule has 2 saturated heterocycles. The summed E-state index contributed by atoms with van der Waals surface area (Å²) >= 11 is 6.20. The number of hydrogen-bond donors (Lipinski definition) is 1. The monoisotopic (exact) mass is 264 g/mol. The average molecular weight is 265 g/mol. The first-order valence-electron chi connectivity index (χ1n) is 7.05. The Morgan fingerprint density at radius 3 is 2.94 bits per heavy atom. The largest absolute Gasteiger partial charge is 0.308 e. The van der Waals surface area contributed by atoms with E-state index in [4.69, 9.17) is 11.6 Å². The molecule has 1 aromatic carbocycles. The van der Waals surface area contributed by atoms with Crippen LogP contribution in [0.4, 0.5) is 0 Å². The number of piperidine rings is 1. The fourth-order valence-corrected chi connectivity index (χ4v) is 3.57. The van der Waals surface area contributed by atoms with Gasteiger partial charge in [-0.1, -0.05) is 36.2 Å². The van der Waals surface area contributed by atoms with Crippen LogP contribution < -0.4 is 5.32 Å². The SMILES string of the molecule is Clc1ccccc1CNC1CCN2CCCCC12. The molecule has 1 N–H and O–H groups in total. The van der Waals surface area contributed by atoms with Gasteiger partial charge in [0.15, 0.2) is 0 Å². The highest BCUT2D eigenvalue weighted by Gasteiger charge is 2.34. The number of nitrogens with zero attached hydrogens (tertiary/aromatic N) is 1. The molecule has 18 heavy (non-hydrogen) atoms. The normalized spacial score (nSPS) is 28.3. The molecule has 0 bridgehead atoms. The van der Waals surface area contributed by atoms with Crippen molar-refractivity contribution in [1.29, 1.82) is 0 Å². The predicted molar refractivity (Wildman–Crippen MR) is 75.9 cm³/mol. The Balaban J connectivity index is 1.59. The number of fused-ring (bicyclic) bond motifs is 1. The minimum absolute atomic E-state index is 0.654. The third-order valence-electron chi connectivity index (χ3n) is 4.37. The van der Waals surface area contributed by atoms with E-state index in [-0.39, 0.29) is 0 Å². The summed E-state index contributed by atoms with van der Waals surface area (Å²) in [5.41, 5.74) is 1.22. The highest BCUT2D eigenvalue weighted by Crippen LogP contribution is 2.27. The van der Waals surface area contributed by atoms with E-state index in [1.54, 1.807) is 0 Å². The smallest absolute Gasteiger partial charge is 0.0450 e. The van der Waals surface area contributed by atoms with Crippen LogP contribution in [0.2, 0.25) is 5.02 Å². The van der Waals surface area contributed by atoms with Gasteiger partial charge in [-0.3, -0.25) is 4.90 Å². The molecule has 2 atom stereocenters. The number of hydrogen-bond acceptors (Lipinski definition) is 2. The molecule has 2 heterocycles. The Morgan fingerprint density at radius 2 is 2.06 bits per heavy atom. The van der Waals surface area contributed by atoms with Crippen molar-refractivity contribution < 1.29 is 0 Å². The van der Waals surface area contributed by atoms with Gasteiger partial charge in [0.05, 0.1) is 0 Å². The van der Waals surface area contributed by atoms with Crippen LogP contribution in [-0.2, 0) is 6.54 Å². The fraction of sp³-hybridized carbons (Fsp3) is 0.600. The van der Waals surface area contributed by atoms with Crippen LogP contribution in [0.15, 0.2) is 24.3 Å². The van der Waals surface area contributed by atoms with Gasteiger partial charge in [0.1, 0.15) is 0 Å². The van der Waals surface area contributed by atoms with Crippen LogP contribution in [0.25, 0.3) is 0 Å². The van der Waals surface area contributed by atoms with Gasteiger partial charge in [-0.05, 0) is 37.4 Å². The van der Waals surface area contributed by atoms with Gasteiger partial charge in [-0.15, -0.1) is 0 Å². The number of nitrogens with one attached hydrogen (secondary N) is 1. The Labute approximate surface area is 114 Å². The van der Waals surface area contributed by atoms with Crippen molar-refractivity contribution in [3.63, 3.8) is 0 Å². The second-order valence-electron chi connectivity index (χ2n) is 5.47. The predicted octanol–water partition coefficient (Wildman–Crippen LogP) is 3.06. The van der Waals surface area contributed by atoms with Gasteiger partial charge in [0.25, 0.3) is 0 Å². The van der Waals surface area contributed by atoms with Gasteiger partial charge in [-0.25, -0.2) is 0 Å². The van der Waals surface area contributed by atoms with Gasteiger partial charge in [-0.2, -0.15) is 0 Å². The van der Waals surface area contributed by atoms with Crippen molar-refractivity contribution >= 4 is 11.6 Å². The van der Waals surface area contributed by atoms with E-state index in [1.165, 1.54) is 44.3 Å². The summed E-state index contributed by atoms with van der Waals surface area (Å²) in [7, 11) is 0. The van der Waals surface area contributed by atoms with Gasteiger partial charge >= 0.3 is 0 Å². The molecule has 3 heteroatoms. The Hall–Kier alpha value is -0.570. The van der Waals surface area contributed by atoms with Gasteiger partial charge in [0, 0.05) is 30.2 Å². The molecule has 3 rings (SSSR count). The highest BCUT2D eigenvalue weighted by atomic mass is 35.5. The van der Waals surface area contributed by atoms with Crippen molar-refractivity contribution in [1.82, 2.24) is 10.2 Å². The standard InChI is InChI=1S/C15H21ClN2/c16-13-6-2-1-5-12(13)11-17-14-8-10-18-9-4-3-7-15(14)18/h1-2,5-6,14-15,17H,3-4,7-11H2. The summed E-state index contributed by atoms with van der Waals surface area (Å²) in [6.45, 7) is 3.47. The molecule has 0 aromatic heterocycles. The minimum Gasteiger partial charge on any atom is -0.308 e. The zero-order valence-electron chi connectivity index (χ0n) is 10.7. The van der Waals surface area contributed by atoms with Gasteiger partial charge in [0.2, 0.25) is 0 Å². The fourth-order valence-electron chi connectivity index (χ4n) is 3.37. The molecule has 0 spiro atoms. The zero-order chi connectivity index (χ0) is 12.4. The second-order valence-corrected chi connectivity index (χ2v) is 5.87. The molecule has 2 aliphatic rings. The number of rotatable bonds is 3. The van der Waals surface area contributed by atoms with E-state index in [1.807, 2.05) is 12.1 Å². The van der Waals surface area contributed by atoms with Crippen LogP contribution in [0.5, 0.6) is 0 Å². The first-order valence-corrected chi connectivity index (χ1v) is 7.43. The zero-order valence-corrected chi connectivity index (χ0v) is 11.5. The molecule has 2 aliphatic heterocycles. The van der Waals surface area contributed by atoms with Crippen molar-refractivity contribution in [3.8, 4) is 0 Å². The number of benzene rings is 1. The summed E-state index contributed by atoms with van der Waals surface area (Å²) in [4.78, 5) is 2.66. The van der Waals surface area contributed by atoms with Crippen LogP contribution in [-0.4, -0.2) is 30.1 Å². The maximum atomic E-state index is 6.20. The van der Waals surface area contributed by atoms with Crippen molar-refractivity contribution in [2.24, 2.45) is 0 Å². The van der Waals surface area contributed by atoms with E-state index in [9.17, 15) is 0 Å². The van der Waals surface area contributed by atoms with Crippen molar-refractivity contribution in [3.05, 3.63) is 34.9 Å². The Kier molecular flexibility index (Phi) is 3.88. The van der Waals surface area contributed by atoms with Crippen LogP contribution >= 0.6 is 11.6 Å². The van der Waals surface area contributed by atoms with E-state index in [0.717, 1.165) is 17.6 Å². The average Bonchev–Trinajstić information content (AvgIpc) is 2.81. The topological polar surface area (TPSA) is 15.3 Å². The highest BCUT2D eigenvalue weighted by molar-refractivity contribution is 6.31. The molecule has 2 fully saturated rings. The van der Waals surface area contributed by atoms with Gasteiger partial charge < -0.3 is 5.32 Å². The molecular formula is C15H21ClN2. The van der Waals surface area contributed by atoms with E-state index in [0.29, 0.717) is 6.04 Å². The summed E-state index contributed by atoms with van der Waals surface area (Å²) in [5.74, 6) is 0. The molecule has 2 nitrogen and oxygen atoms in total. The third kappa shape index (κ3) is 2.56. The lowest BCUT2D eigenvalue weighted by Crippen LogP contribution is -2.44. The molecule has 2 unspecified atom stereocenters. The Morgan fingerprint density at radius 1 is 1.17 bits per heavy atom. The molecular weight excluding hydrogens is 244 g/mol. The maximum Gasteiger partial charge on any atom is 0.0450 e. The van der Waals surface area contributed by atoms with Crippen LogP contribution in [0, 0.1) is 0 Å². The first-order chi connectivity index (χ1) is 8.84. The minimum atomic E-state index is 0.654. The second kappa shape index (κ2) is 5.60. The summed E-state index contributed by atoms with van der Waals surface area (Å²) in [5, 5.41) is 4.59. The number of halogens is 1. The Bertz CT molecular complexity index is 407. The maximum absolute atomic E-state index is 6.20. The molecule has 98 valence electrons. The quantitative estimate of drug-likeness (QED) is 0.903. The summed E-state index contributed by atoms with van der Waals surface area (Å²) in [6, 6.07) is 9.56. The molecule has 0 aliphatic carbocycles. The lowest BCUT2D eigenvalue weighted by molar-refractivity contribution is 0.180. The lowest BCUT2D eigenvalue weighted by atomic mass is 9.99. The van der Waals surface area contributed by atoms with Crippen molar-refractivity contribution in [2.45, 2.75) is 44.3 Å². The third-order valence-corrected chi connectivity index (χ3v) is 4.74. The molecule has 0 amide bonds. The van der Waals surface area contributed by atoms with Crippen molar-refractivity contribution in [2.75, 3.05) is 13.1 Å². The molecule has 0 radical (unpaired) electrons.